The summed E-state index contributed by atoms with van der Waals surface area (Å²) in [6, 6.07) is 6.72. The van der Waals surface area contributed by atoms with Gasteiger partial charge in [-0.1, -0.05) is 0 Å². The van der Waals surface area contributed by atoms with Gasteiger partial charge < -0.3 is 4.90 Å². The highest BCUT2D eigenvalue weighted by molar-refractivity contribution is 7.89. The average Bonchev–Trinajstić information content (AvgIpc) is 2.90. The van der Waals surface area contributed by atoms with Crippen LogP contribution in [0.4, 0.5) is 5.69 Å². The van der Waals surface area contributed by atoms with Crippen molar-refractivity contribution in [3.05, 3.63) is 53.6 Å². The molecular formula is C17H15N5O3S. The van der Waals surface area contributed by atoms with Crippen LogP contribution in [0.2, 0.25) is 0 Å². The first-order chi connectivity index (χ1) is 12.3. The predicted molar refractivity (Wildman–Crippen MR) is 94.8 cm³/mol. The third-order valence-electron chi connectivity index (χ3n) is 4.28. The average molecular weight is 369 g/mol. The molecule has 0 aliphatic carbocycles. The summed E-state index contributed by atoms with van der Waals surface area (Å²) in [4.78, 5) is 27.0. The molecule has 0 aromatic carbocycles. The first-order valence-corrected chi connectivity index (χ1v) is 9.41. The third-order valence-corrected chi connectivity index (χ3v) is 5.17. The van der Waals surface area contributed by atoms with E-state index in [4.69, 9.17) is 5.14 Å². The summed E-state index contributed by atoms with van der Waals surface area (Å²) in [5.74, 6) is -0.0628. The molecule has 26 heavy (non-hydrogen) atoms. The number of rotatable bonds is 3. The number of hydrogen-bond acceptors (Lipinski definition) is 6. The molecule has 3 aromatic rings. The van der Waals surface area contributed by atoms with Gasteiger partial charge in [0.15, 0.2) is 5.65 Å². The van der Waals surface area contributed by atoms with Crippen molar-refractivity contribution in [1.82, 2.24) is 15.0 Å². The number of primary sulfonamides is 1. The smallest absolute Gasteiger partial charge is 0.239 e. The van der Waals surface area contributed by atoms with Gasteiger partial charge in [0.05, 0.1) is 24.3 Å². The number of aromatic nitrogens is 3. The summed E-state index contributed by atoms with van der Waals surface area (Å²) in [6.45, 7) is 2.11. The van der Waals surface area contributed by atoms with E-state index >= 15 is 0 Å². The lowest BCUT2D eigenvalue weighted by molar-refractivity contribution is -0.117. The molecule has 1 aliphatic heterocycles. The number of pyridine rings is 3. The SMILES string of the molecule is Cc1ccc2c3c(cnc2n1)CC(=O)N3Cc1ccc(S(N)(=O)=O)cn1. The van der Waals surface area contributed by atoms with Gasteiger partial charge in [-0.2, -0.15) is 0 Å². The summed E-state index contributed by atoms with van der Waals surface area (Å²) in [7, 11) is -3.80. The Bertz CT molecular complexity index is 1140. The molecule has 8 nitrogen and oxygen atoms in total. The maximum atomic E-state index is 12.5. The maximum absolute atomic E-state index is 12.5. The second-order valence-corrected chi connectivity index (χ2v) is 7.70. The normalized spacial score (nSPS) is 14.1. The number of hydrogen-bond donors (Lipinski definition) is 1. The summed E-state index contributed by atoms with van der Waals surface area (Å²) < 4.78 is 22.7. The lowest BCUT2D eigenvalue weighted by Crippen LogP contribution is -2.26. The molecule has 0 unspecified atom stereocenters. The van der Waals surface area contributed by atoms with Crippen LogP contribution in [0.1, 0.15) is 17.0 Å². The number of amides is 1. The van der Waals surface area contributed by atoms with Gasteiger partial charge in [-0.15, -0.1) is 0 Å². The molecule has 3 aromatic heterocycles. The zero-order valence-electron chi connectivity index (χ0n) is 13.9. The molecule has 0 spiro atoms. The van der Waals surface area contributed by atoms with Gasteiger partial charge in [0.2, 0.25) is 15.9 Å². The zero-order chi connectivity index (χ0) is 18.5. The number of anilines is 1. The van der Waals surface area contributed by atoms with Gasteiger partial charge in [-0.05, 0) is 31.2 Å². The van der Waals surface area contributed by atoms with Gasteiger partial charge in [-0.3, -0.25) is 9.78 Å². The number of sulfonamides is 1. The molecule has 0 saturated carbocycles. The van der Waals surface area contributed by atoms with Crippen LogP contribution < -0.4 is 10.0 Å². The fourth-order valence-electron chi connectivity index (χ4n) is 3.03. The Morgan fingerprint density at radius 1 is 1.15 bits per heavy atom. The molecule has 2 N–H and O–H groups in total. The minimum absolute atomic E-state index is 0.0628. The second kappa shape index (κ2) is 5.82. The minimum atomic E-state index is -3.80. The Morgan fingerprint density at radius 2 is 1.96 bits per heavy atom. The van der Waals surface area contributed by atoms with Crippen molar-refractivity contribution in [2.24, 2.45) is 5.14 Å². The fraction of sp³-hybridized carbons (Fsp3) is 0.176. The standard InChI is InChI=1S/C17H15N5O3S/c1-10-2-5-14-16-11(7-20-17(14)21-10)6-15(23)22(16)9-12-3-4-13(8-19-12)26(18,24)25/h2-5,7-8H,6,9H2,1H3,(H2,18,24,25). The predicted octanol–water partition coefficient (Wildman–Crippen LogP) is 1.07. The second-order valence-electron chi connectivity index (χ2n) is 6.14. The van der Waals surface area contributed by atoms with E-state index < -0.39 is 10.0 Å². The zero-order valence-corrected chi connectivity index (χ0v) is 14.7. The molecule has 0 radical (unpaired) electrons. The summed E-state index contributed by atoms with van der Waals surface area (Å²) in [5, 5.41) is 5.89. The van der Waals surface area contributed by atoms with Crippen LogP contribution in [0.15, 0.2) is 41.6 Å². The van der Waals surface area contributed by atoms with Crippen molar-refractivity contribution in [2.45, 2.75) is 24.8 Å². The van der Waals surface area contributed by atoms with E-state index in [0.717, 1.165) is 22.3 Å². The van der Waals surface area contributed by atoms with E-state index in [1.54, 1.807) is 17.2 Å². The first-order valence-electron chi connectivity index (χ1n) is 7.86. The highest BCUT2D eigenvalue weighted by Crippen LogP contribution is 2.35. The maximum Gasteiger partial charge on any atom is 0.239 e. The van der Waals surface area contributed by atoms with Crippen molar-refractivity contribution in [3.8, 4) is 0 Å². The molecular weight excluding hydrogens is 354 g/mol. The minimum Gasteiger partial charge on any atom is -0.305 e. The van der Waals surface area contributed by atoms with Crippen LogP contribution in [0, 0.1) is 6.92 Å². The van der Waals surface area contributed by atoms with E-state index in [1.165, 1.54) is 12.3 Å². The Kier molecular flexibility index (Phi) is 3.70. The molecule has 0 fully saturated rings. The van der Waals surface area contributed by atoms with E-state index in [9.17, 15) is 13.2 Å². The van der Waals surface area contributed by atoms with Gasteiger partial charge in [-0.25, -0.2) is 23.5 Å². The first kappa shape index (κ1) is 16.6. The molecule has 132 valence electrons. The molecule has 1 amide bonds. The summed E-state index contributed by atoms with van der Waals surface area (Å²) >= 11 is 0. The Balaban J connectivity index is 1.74. The number of carbonyl (C=O) groups excluding carboxylic acids is 1. The molecule has 4 heterocycles. The largest absolute Gasteiger partial charge is 0.305 e. The number of nitrogens with two attached hydrogens (primary N) is 1. The number of carbonyl (C=O) groups is 1. The Labute approximate surface area is 149 Å². The molecule has 0 atom stereocenters. The van der Waals surface area contributed by atoms with Gasteiger partial charge in [0.25, 0.3) is 0 Å². The number of aryl methyl sites for hydroxylation is 1. The van der Waals surface area contributed by atoms with E-state index in [-0.39, 0.29) is 23.8 Å². The van der Waals surface area contributed by atoms with Crippen LogP contribution in [-0.2, 0) is 27.8 Å². The van der Waals surface area contributed by atoms with Gasteiger partial charge >= 0.3 is 0 Å². The monoisotopic (exact) mass is 369 g/mol. The quantitative estimate of drug-likeness (QED) is 0.737. The van der Waals surface area contributed by atoms with Crippen molar-refractivity contribution in [3.63, 3.8) is 0 Å². The van der Waals surface area contributed by atoms with Crippen LogP contribution in [0.5, 0.6) is 0 Å². The highest BCUT2D eigenvalue weighted by Gasteiger charge is 2.30. The fourth-order valence-corrected chi connectivity index (χ4v) is 3.49. The Morgan fingerprint density at radius 3 is 2.65 bits per heavy atom. The lowest BCUT2D eigenvalue weighted by Gasteiger charge is -2.18. The number of fused-ring (bicyclic) bond motifs is 3. The van der Waals surface area contributed by atoms with Crippen LogP contribution in [-0.4, -0.2) is 29.3 Å². The van der Waals surface area contributed by atoms with Crippen molar-refractivity contribution in [2.75, 3.05) is 4.90 Å². The van der Waals surface area contributed by atoms with Crippen molar-refractivity contribution < 1.29 is 13.2 Å². The van der Waals surface area contributed by atoms with Crippen LogP contribution >= 0.6 is 0 Å². The van der Waals surface area contributed by atoms with E-state index in [2.05, 4.69) is 15.0 Å². The topological polar surface area (TPSA) is 119 Å². The molecule has 1 aliphatic rings. The number of nitrogens with zero attached hydrogens (tertiary/aromatic N) is 4. The third kappa shape index (κ3) is 2.80. The molecule has 9 heteroatoms. The van der Waals surface area contributed by atoms with Crippen LogP contribution in [0.3, 0.4) is 0 Å². The molecule has 4 rings (SSSR count). The van der Waals surface area contributed by atoms with Gasteiger partial charge in [0, 0.05) is 29.0 Å². The van der Waals surface area contributed by atoms with E-state index in [0.29, 0.717) is 11.3 Å². The summed E-state index contributed by atoms with van der Waals surface area (Å²) in [5.41, 5.74) is 3.62. The molecule has 0 bridgehead atoms. The molecule has 0 saturated heterocycles. The van der Waals surface area contributed by atoms with Crippen molar-refractivity contribution >= 4 is 32.7 Å². The lowest BCUT2D eigenvalue weighted by atomic mass is 10.1. The Hall–Kier alpha value is -2.91. The van der Waals surface area contributed by atoms with Crippen LogP contribution in [0.25, 0.3) is 11.0 Å². The van der Waals surface area contributed by atoms with Crippen molar-refractivity contribution in [1.29, 1.82) is 0 Å². The van der Waals surface area contributed by atoms with E-state index in [1.807, 2.05) is 19.1 Å². The van der Waals surface area contributed by atoms with Gasteiger partial charge in [0.1, 0.15) is 4.90 Å². The highest BCUT2D eigenvalue weighted by atomic mass is 32.2. The summed E-state index contributed by atoms with van der Waals surface area (Å²) in [6.07, 6.45) is 3.14.